The standard InChI is InChI=1S/C18H19NO2/c19-17(11-13-5-2-1-3-6-13)18(20)14-7-4-8-16(12-14)21-15-9-10-15/h1-8,12,15,17H,9-11,19H2. The predicted molar refractivity (Wildman–Crippen MR) is 82.5 cm³/mol. The topological polar surface area (TPSA) is 52.3 Å². The van der Waals surface area contributed by atoms with Gasteiger partial charge in [0, 0.05) is 5.56 Å². The van der Waals surface area contributed by atoms with Gasteiger partial charge in [-0.05, 0) is 37.0 Å². The summed E-state index contributed by atoms with van der Waals surface area (Å²) < 4.78 is 5.72. The van der Waals surface area contributed by atoms with Crippen LogP contribution in [0.25, 0.3) is 0 Å². The molecule has 21 heavy (non-hydrogen) atoms. The molecule has 0 spiro atoms. The van der Waals surface area contributed by atoms with Crippen molar-refractivity contribution in [2.45, 2.75) is 31.4 Å². The molecular formula is C18H19NO2. The number of Topliss-reactive ketones (excluding diaryl/α,β-unsaturated/α-hetero) is 1. The maximum absolute atomic E-state index is 12.4. The fourth-order valence-corrected chi connectivity index (χ4v) is 2.28. The molecule has 1 saturated carbocycles. The molecule has 1 aliphatic carbocycles. The van der Waals surface area contributed by atoms with E-state index < -0.39 is 6.04 Å². The summed E-state index contributed by atoms with van der Waals surface area (Å²) in [5.74, 6) is 0.718. The van der Waals surface area contributed by atoms with Crippen molar-refractivity contribution in [3.63, 3.8) is 0 Å². The van der Waals surface area contributed by atoms with Crippen molar-refractivity contribution in [3.05, 3.63) is 65.7 Å². The average Bonchev–Trinajstić information content (AvgIpc) is 3.32. The molecule has 0 radical (unpaired) electrons. The minimum absolute atomic E-state index is 0.0416. The quantitative estimate of drug-likeness (QED) is 0.828. The van der Waals surface area contributed by atoms with Crippen LogP contribution in [0.3, 0.4) is 0 Å². The van der Waals surface area contributed by atoms with Gasteiger partial charge in [0.2, 0.25) is 0 Å². The lowest BCUT2D eigenvalue weighted by atomic mass is 9.98. The SMILES string of the molecule is NC(Cc1ccccc1)C(=O)c1cccc(OC2CC2)c1. The normalized spacial score (nSPS) is 15.5. The van der Waals surface area contributed by atoms with Gasteiger partial charge >= 0.3 is 0 Å². The Bertz CT molecular complexity index is 620. The molecule has 0 heterocycles. The highest BCUT2D eigenvalue weighted by Crippen LogP contribution is 2.27. The molecular weight excluding hydrogens is 262 g/mol. The van der Waals surface area contributed by atoms with Gasteiger partial charge in [-0.3, -0.25) is 4.79 Å². The molecule has 0 aliphatic heterocycles. The minimum atomic E-state index is -0.524. The van der Waals surface area contributed by atoms with Gasteiger partial charge in [0.15, 0.2) is 5.78 Å². The highest BCUT2D eigenvalue weighted by Gasteiger charge is 2.24. The molecule has 0 saturated heterocycles. The highest BCUT2D eigenvalue weighted by atomic mass is 16.5. The van der Waals surface area contributed by atoms with Crippen LogP contribution in [0.5, 0.6) is 5.75 Å². The van der Waals surface area contributed by atoms with Crippen LogP contribution >= 0.6 is 0 Å². The molecule has 108 valence electrons. The van der Waals surface area contributed by atoms with Gasteiger partial charge < -0.3 is 10.5 Å². The molecule has 1 unspecified atom stereocenters. The van der Waals surface area contributed by atoms with Crippen LogP contribution in [0.4, 0.5) is 0 Å². The Morgan fingerprint density at radius 2 is 1.90 bits per heavy atom. The fourth-order valence-electron chi connectivity index (χ4n) is 2.28. The minimum Gasteiger partial charge on any atom is -0.490 e. The first-order chi connectivity index (χ1) is 10.2. The van der Waals surface area contributed by atoms with Gasteiger partial charge in [-0.15, -0.1) is 0 Å². The van der Waals surface area contributed by atoms with Crippen LogP contribution in [0.2, 0.25) is 0 Å². The summed E-state index contributed by atoms with van der Waals surface area (Å²) in [5.41, 5.74) is 7.75. The zero-order valence-corrected chi connectivity index (χ0v) is 11.9. The molecule has 3 rings (SSSR count). The van der Waals surface area contributed by atoms with Crippen molar-refractivity contribution in [2.75, 3.05) is 0 Å². The first-order valence-corrected chi connectivity index (χ1v) is 7.33. The van der Waals surface area contributed by atoms with E-state index in [1.165, 1.54) is 0 Å². The van der Waals surface area contributed by atoms with E-state index in [9.17, 15) is 4.79 Å². The summed E-state index contributed by atoms with van der Waals surface area (Å²) in [6.45, 7) is 0. The maximum Gasteiger partial charge on any atom is 0.179 e. The van der Waals surface area contributed by atoms with Crippen molar-refractivity contribution >= 4 is 5.78 Å². The molecule has 0 bridgehead atoms. The summed E-state index contributed by atoms with van der Waals surface area (Å²) in [6, 6.07) is 16.6. The Morgan fingerprint density at radius 1 is 1.14 bits per heavy atom. The van der Waals surface area contributed by atoms with Gasteiger partial charge in [-0.1, -0.05) is 42.5 Å². The van der Waals surface area contributed by atoms with Crippen LogP contribution in [0, 0.1) is 0 Å². The first kappa shape index (κ1) is 13.8. The number of carbonyl (C=O) groups is 1. The highest BCUT2D eigenvalue weighted by molar-refractivity contribution is 6.00. The van der Waals surface area contributed by atoms with E-state index in [0.29, 0.717) is 18.1 Å². The Hall–Kier alpha value is -2.13. The van der Waals surface area contributed by atoms with Crippen LogP contribution in [0.1, 0.15) is 28.8 Å². The lowest BCUT2D eigenvalue weighted by Gasteiger charge is -2.12. The van der Waals surface area contributed by atoms with Gasteiger partial charge in [-0.25, -0.2) is 0 Å². The molecule has 1 fully saturated rings. The maximum atomic E-state index is 12.4. The Labute approximate surface area is 124 Å². The summed E-state index contributed by atoms with van der Waals surface area (Å²) >= 11 is 0. The summed E-state index contributed by atoms with van der Waals surface area (Å²) in [5, 5.41) is 0. The van der Waals surface area contributed by atoms with E-state index in [1.54, 1.807) is 12.1 Å². The second-order valence-electron chi connectivity index (χ2n) is 5.51. The third-order valence-corrected chi connectivity index (χ3v) is 3.58. The third kappa shape index (κ3) is 3.70. The Balaban J connectivity index is 1.68. The van der Waals surface area contributed by atoms with E-state index in [-0.39, 0.29) is 5.78 Å². The van der Waals surface area contributed by atoms with Crippen molar-refractivity contribution in [2.24, 2.45) is 5.73 Å². The monoisotopic (exact) mass is 281 g/mol. The molecule has 3 nitrogen and oxygen atoms in total. The number of hydrogen-bond donors (Lipinski definition) is 1. The van der Waals surface area contributed by atoms with Gasteiger partial charge in [0.1, 0.15) is 5.75 Å². The Kier molecular flexibility index (Phi) is 4.02. The molecule has 2 aromatic rings. The summed E-state index contributed by atoms with van der Waals surface area (Å²) in [4.78, 5) is 12.4. The number of nitrogens with two attached hydrogens (primary N) is 1. The van der Waals surface area contributed by atoms with E-state index in [0.717, 1.165) is 24.2 Å². The lowest BCUT2D eigenvalue weighted by Crippen LogP contribution is -2.32. The predicted octanol–water partition coefficient (Wildman–Crippen LogP) is 2.98. The molecule has 1 aliphatic rings. The van der Waals surface area contributed by atoms with Crippen LogP contribution in [0.15, 0.2) is 54.6 Å². The molecule has 3 heteroatoms. The molecule has 2 aromatic carbocycles. The van der Waals surface area contributed by atoms with Gasteiger partial charge in [0.05, 0.1) is 12.1 Å². The molecule has 0 aromatic heterocycles. The van der Waals surface area contributed by atoms with Crippen molar-refractivity contribution in [1.29, 1.82) is 0 Å². The van der Waals surface area contributed by atoms with Gasteiger partial charge in [0.25, 0.3) is 0 Å². The second-order valence-corrected chi connectivity index (χ2v) is 5.51. The van der Waals surface area contributed by atoms with Crippen molar-refractivity contribution in [1.82, 2.24) is 0 Å². The van der Waals surface area contributed by atoms with Crippen LogP contribution in [-0.2, 0) is 6.42 Å². The first-order valence-electron chi connectivity index (χ1n) is 7.33. The van der Waals surface area contributed by atoms with E-state index >= 15 is 0 Å². The number of ether oxygens (including phenoxy) is 1. The number of ketones is 1. The average molecular weight is 281 g/mol. The molecule has 2 N–H and O–H groups in total. The van der Waals surface area contributed by atoms with Crippen molar-refractivity contribution < 1.29 is 9.53 Å². The van der Waals surface area contributed by atoms with E-state index in [2.05, 4.69) is 0 Å². The molecule has 1 atom stereocenters. The zero-order chi connectivity index (χ0) is 14.7. The molecule has 0 amide bonds. The lowest BCUT2D eigenvalue weighted by molar-refractivity contribution is 0.0960. The smallest absolute Gasteiger partial charge is 0.179 e. The number of rotatable bonds is 6. The number of benzene rings is 2. The van der Waals surface area contributed by atoms with Gasteiger partial charge in [-0.2, -0.15) is 0 Å². The zero-order valence-electron chi connectivity index (χ0n) is 11.9. The second kappa shape index (κ2) is 6.10. The largest absolute Gasteiger partial charge is 0.490 e. The van der Waals surface area contributed by atoms with E-state index in [4.69, 9.17) is 10.5 Å². The summed E-state index contributed by atoms with van der Waals surface area (Å²) in [6.07, 6.45) is 3.08. The van der Waals surface area contributed by atoms with E-state index in [1.807, 2.05) is 42.5 Å². The van der Waals surface area contributed by atoms with Crippen LogP contribution in [-0.4, -0.2) is 17.9 Å². The van der Waals surface area contributed by atoms with Crippen LogP contribution < -0.4 is 10.5 Å². The summed E-state index contributed by atoms with van der Waals surface area (Å²) in [7, 11) is 0. The Morgan fingerprint density at radius 3 is 2.62 bits per heavy atom. The fraction of sp³-hybridized carbons (Fsp3) is 0.278. The number of hydrogen-bond acceptors (Lipinski definition) is 3. The number of carbonyl (C=O) groups excluding carboxylic acids is 1. The van der Waals surface area contributed by atoms with Crippen molar-refractivity contribution in [3.8, 4) is 5.75 Å². The third-order valence-electron chi connectivity index (χ3n) is 3.58.